The van der Waals surface area contributed by atoms with E-state index in [1.807, 2.05) is 6.07 Å². The molecule has 0 aliphatic carbocycles. The van der Waals surface area contributed by atoms with Crippen molar-refractivity contribution in [3.63, 3.8) is 0 Å². The van der Waals surface area contributed by atoms with E-state index in [2.05, 4.69) is 15.0 Å². The highest BCUT2D eigenvalue weighted by molar-refractivity contribution is 7.84. The molecular formula is C23H21N5O4S. The highest BCUT2D eigenvalue weighted by atomic mass is 32.2. The summed E-state index contributed by atoms with van der Waals surface area (Å²) in [6.45, 7) is 2.15. The fourth-order valence-corrected chi connectivity index (χ4v) is 4.61. The van der Waals surface area contributed by atoms with Gasteiger partial charge in [-0.05, 0) is 12.1 Å². The number of pyridine rings is 1. The molecule has 5 rings (SSSR count). The molecule has 1 N–H and O–H groups in total. The third-order valence-corrected chi connectivity index (χ3v) is 6.51. The molecule has 1 aliphatic rings. The van der Waals surface area contributed by atoms with Crippen LogP contribution in [-0.4, -0.2) is 67.1 Å². The number of nitrogens with one attached hydrogen (secondary N) is 1. The van der Waals surface area contributed by atoms with E-state index in [-0.39, 0.29) is 11.3 Å². The molecule has 0 spiro atoms. The Morgan fingerprint density at radius 2 is 1.88 bits per heavy atom. The van der Waals surface area contributed by atoms with Crippen molar-refractivity contribution in [1.82, 2.24) is 24.4 Å². The van der Waals surface area contributed by atoms with Gasteiger partial charge in [-0.1, -0.05) is 6.07 Å². The molecule has 0 bridgehead atoms. The molecule has 4 aromatic rings. The number of hydrogen-bond acceptors (Lipinski definition) is 6. The van der Waals surface area contributed by atoms with E-state index in [0.29, 0.717) is 59.5 Å². The maximum absolute atomic E-state index is 13.0. The number of rotatable bonds is 4. The summed E-state index contributed by atoms with van der Waals surface area (Å²) in [7, 11) is -1.24. The second-order valence-electron chi connectivity index (χ2n) is 7.66. The Bertz CT molecular complexity index is 1420. The first kappa shape index (κ1) is 21.2. The summed E-state index contributed by atoms with van der Waals surface area (Å²) in [5.74, 6) is 0.297. The standard InChI is InChI=1S/C23H21N5O4S/c1-33(31)21-14-28(23-25-12-16(13-26-23)19-11-17(29)4-5-24-19)20-10-15(2-3-18(20)21)22(30)27-6-8-32-9-7-27/h2-5,10-14H,6-9H2,1H3,(H,24,29). The minimum Gasteiger partial charge on any atom is -0.378 e. The molecule has 1 atom stereocenters. The predicted molar refractivity (Wildman–Crippen MR) is 124 cm³/mol. The van der Waals surface area contributed by atoms with E-state index in [4.69, 9.17) is 4.74 Å². The maximum atomic E-state index is 13.0. The summed E-state index contributed by atoms with van der Waals surface area (Å²) in [6.07, 6.45) is 8.15. The molecule has 0 radical (unpaired) electrons. The fraction of sp³-hybridized carbons (Fsp3) is 0.217. The maximum Gasteiger partial charge on any atom is 0.254 e. The topological polar surface area (TPSA) is 110 Å². The highest BCUT2D eigenvalue weighted by Crippen LogP contribution is 2.28. The van der Waals surface area contributed by atoms with Crippen molar-refractivity contribution >= 4 is 27.6 Å². The number of benzene rings is 1. The van der Waals surface area contributed by atoms with Crippen LogP contribution < -0.4 is 5.43 Å². The van der Waals surface area contributed by atoms with Gasteiger partial charge in [0.05, 0.1) is 40.1 Å². The van der Waals surface area contributed by atoms with Crippen molar-refractivity contribution in [2.45, 2.75) is 4.90 Å². The largest absolute Gasteiger partial charge is 0.378 e. The lowest BCUT2D eigenvalue weighted by Gasteiger charge is -2.26. The Morgan fingerprint density at radius 3 is 2.58 bits per heavy atom. The van der Waals surface area contributed by atoms with Gasteiger partial charge in [-0.25, -0.2) is 9.97 Å². The SMILES string of the molecule is CS(=O)c1cn(-c2ncc(-c3cc(=O)cc[nH]3)cn2)c2cc(C(=O)N3CCOCC3)ccc12. The third kappa shape index (κ3) is 4.10. The zero-order chi connectivity index (χ0) is 22.9. The van der Waals surface area contributed by atoms with Crippen LogP contribution in [0.2, 0.25) is 0 Å². The van der Waals surface area contributed by atoms with Gasteiger partial charge in [0.25, 0.3) is 5.91 Å². The van der Waals surface area contributed by atoms with Gasteiger partial charge in [0.1, 0.15) is 0 Å². The lowest BCUT2D eigenvalue weighted by Crippen LogP contribution is -2.40. The van der Waals surface area contributed by atoms with Gasteiger partial charge in [-0.3, -0.25) is 18.4 Å². The molecular weight excluding hydrogens is 442 g/mol. The number of nitrogens with zero attached hydrogens (tertiary/aromatic N) is 4. The molecule has 1 unspecified atom stereocenters. The smallest absolute Gasteiger partial charge is 0.254 e. The van der Waals surface area contributed by atoms with Crippen molar-refractivity contribution < 1.29 is 13.7 Å². The number of morpholine rings is 1. The molecule has 168 valence electrons. The first-order valence-corrected chi connectivity index (χ1v) is 11.9. The minimum absolute atomic E-state index is 0.0728. The van der Waals surface area contributed by atoms with Crippen LogP contribution in [-0.2, 0) is 15.5 Å². The van der Waals surface area contributed by atoms with Crippen LogP contribution in [0.4, 0.5) is 0 Å². The number of amides is 1. The first-order chi connectivity index (χ1) is 16.0. The number of fused-ring (bicyclic) bond motifs is 1. The van der Waals surface area contributed by atoms with Gasteiger partial charge in [0, 0.05) is 72.8 Å². The molecule has 9 nitrogen and oxygen atoms in total. The predicted octanol–water partition coefficient (Wildman–Crippen LogP) is 1.99. The number of carbonyl (C=O) groups excluding carboxylic acids is 1. The van der Waals surface area contributed by atoms with Crippen molar-refractivity contribution in [3.05, 3.63) is 70.9 Å². The minimum atomic E-state index is -1.24. The molecule has 4 heterocycles. The summed E-state index contributed by atoms with van der Waals surface area (Å²) in [5, 5.41) is 0.773. The van der Waals surface area contributed by atoms with Crippen molar-refractivity contribution in [2.24, 2.45) is 0 Å². The average molecular weight is 464 g/mol. The molecule has 1 saturated heterocycles. The van der Waals surface area contributed by atoms with E-state index in [0.717, 1.165) is 5.39 Å². The van der Waals surface area contributed by atoms with E-state index in [9.17, 15) is 13.8 Å². The van der Waals surface area contributed by atoms with E-state index >= 15 is 0 Å². The Kier molecular flexibility index (Phi) is 5.61. The Labute approximate surface area is 191 Å². The average Bonchev–Trinajstić information content (AvgIpc) is 3.23. The van der Waals surface area contributed by atoms with E-state index in [1.54, 1.807) is 52.6 Å². The first-order valence-electron chi connectivity index (χ1n) is 10.4. The van der Waals surface area contributed by atoms with Crippen LogP contribution in [0.25, 0.3) is 28.1 Å². The molecule has 10 heteroatoms. The van der Waals surface area contributed by atoms with E-state index < -0.39 is 10.8 Å². The zero-order valence-corrected chi connectivity index (χ0v) is 18.7. The van der Waals surface area contributed by atoms with Gasteiger partial charge in [-0.15, -0.1) is 0 Å². The Hall–Kier alpha value is -3.63. The monoisotopic (exact) mass is 463 g/mol. The number of aromatic amines is 1. The van der Waals surface area contributed by atoms with Gasteiger partial charge in [0.15, 0.2) is 5.43 Å². The number of carbonyl (C=O) groups is 1. The summed E-state index contributed by atoms with van der Waals surface area (Å²) in [5.41, 5.74) is 2.39. The second kappa shape index (κ2) is 8.72. The normalized spacial score (nSPS) is 15.0. The highest BCUT2D eigenvalue weighted by Gasteiger charge is 2.21. The number of H-pyrrole nitrogens is 1. The fourth-order valence-electron chi connectivity index (χ4n) is 3.87. The van der Waals surface area contributed by atoms with Crippen LogP contribution in [0, 0.1) is 0 Å². The van der Waals surface area contributed by atoms with Gasteiger partial charge < -0.3 is 14.6 Å². The van der Waals surface area contributed by atoms with Crippen molar-refractivity contribution in [2.75, 3.05) is 32.6 Å². The Morgan fingerprint density at radius 1 is 1.12 bits per heavy atom. The Balaban J connectivity index is 1.57. The van der Waals surface area contributed by atoms with E-state index in [1.165, 1.54) is 12.1 Å². The molecule has 33 heavy (non-hydrogen) atoms. The van der Waals surface area contributed by atoms with Crippen LogP contribution in [0.3, 0.4) is 0 Å². The summed E-state index contributed by atoms with van der Waals surface area (Å²) >= 11 is 0. The molecule has 1 aromatic carbocycles. The lowest BCUT2D eigenvalue weighted by molar-refractivity contribution is 0.0303. The van der Waals surface area contributed by atoms with Crippen LogP contribution in [0.15, 0.2) is 64.8 Å². The number of aromatic nitrogens is 4. The van der Waals surface area contributed by atoms with Crippen LogP contribution in [0.5, 0.6) is 0 Å². The van der Waals surface area contributed by atoms with Crippen LogP contribution >= 0.6 is 0 Å². The lowest BCUT2D eigenvalue weighted by atomic mass is 10.1. The van der Waals surface area contributed by atoms with Gasteiger partial charge >= 0.3 is 0 Å². The molecule has 1 amide bonds. The second-order valence-corrected chi connectivity index (χ2v) is 9.01. The molecule has 3 aromatic heterocycles. The zero-order valence-electron chi connectivity index (χ0n) is 17.9. The molecule has 0 saturated carbocycles. The summed E-state index contributed by atoms with van der Waals surface area (Å²) < 4.78 is 19.5. The van der Waals surface area contributed by atoms with Gasteiger partial charge in [-0.2, -0.15) is 0 Å². The third-order valence-electron chi connectivity index (χ3n) is 5.56. The van der Waals surface area contributed by atoms with Crippen molar-refractivity contribution in [3.8, 4) is 17.2 Å². The number of hydrogen-bond donors (Lipinski definition) is 1. The van der Waals surface area contributed by atoms with Crippen molar-refractivity contribution in [1.29, 1.82) is 0 Å². The molecule has 1 aliphatic heterocycles. The van der Waals surface area contributed by atoms with Crippen LogP contribution in [0.1, 0.15) is 10.4 Å². The molecule has 1 fully saturated rings. The number of ether oxygens (including phenoxy) is 1. The summed E-state index contributed by atoms with van der Waals surface area (Å²) in [4.78, 5) is 39.0. The summed E-state index contributed by atoms with van der Waals surface area (Å²) in [6, 6.07) is 8.28. The van der Waals surface area contributed by atoms with Gasteiger partial charge in [0.2, 0.25) is 5.95 Å². The quantitative estimate of drug-likeness (QED) is 0.496.